The Kier molecular flexibility index (Phi) is 6.91. The number of aryl methyl sites for hydroxylation is 2. The van der Waals surface area contributed by atoms with Gasteiger partial charge in [0.05, 0.1) is 5.69 Å². The van der Waals surface area contributed by atoms with Crippen LogP contribution in [0.15, 0.2) is 6.20 Å². The lowest BCUT2D eigenvalue weighted by Gasteiger charge is -2.46. The maximum absolute atomic E-state index is 9.56. The molecule has 0 unspecified atom stereocenters. The van der Waals surface area contributed by atoms with Crippen molar-refractivity contribution in [3.05, 3.63) is 17.5 Å². The van der Waals surface area contributed by atoms with Crippen LogP contribution in [0.4, 0.5) is 0 Å². The van der Waals surface area contributed by atoms with E-state index in [1.807, 2.05) is 0 Å². The van der Waals surface area contributed by atoms with Crippen molar-refractivity contribution in [2.45, 2.75) is 84.0 Å². The van der Waals surface area contributed by atoms with E-state index < -0.39 is 0 Å². The van der Waals surface area contributed by atoms with Gasteiger partial charge in [-0.1, -0.05) is 26.2 Å². The van der Waals surface area contributed by atoms with Crippen molar-refractivity contribution in [3.63, 3.8) is 0 Å². The Morgan fingerprint density at radius 3 is 2.72 bits per heavy atom. The standard InChI is InChI=1S/C20H36N4O/c1-3-10-23-15-18(17(2)21-23)14-22-11-12-24(20(16-22)9-13-25)19-7-5-4-6-8-19/h15,19-20,25H,3-14,16H2,1-2H3/t20-/m1/s1. The molecule has 5 nitrogen and oxygen atoms in total. The van der Waals surface area contributed by atoms with Gasteiger partial charge in [-0.15, -0.1) is 0 Å². The van der Waals surface area contributed by atoms with Gasteiger partial charge in [0.2, 0.25) is 0 Å². The van der Waals surface area contributed by atoms with Crippen molar-refractivity contribution in [1.29, 1.82) is 0 Å². The lowest BCUT2D eigenvalue weighted by Crippen LogP contribution is -2.56. The highest BCUT2D eigenvalue weighted by atomic mass is 16.3. The number of aliphatic hydroxyl groups is 1. The Labute approximate surface area is 153 Å². The van der Waals surface area contributed by atoms with E-state index in [4.69, 9.17) is 0 Å². The average Bonchev–Trinajstić information content (AvgIpc) is 2.96. The van der Waals surface area contributed by atoms with E-state index in [1.54, 1.807) is 0 Å². The van der Waals surface area contributed by atoms with Crippen LogP contribution in [0.2, 0.25) is 0 Å². The Morgan fingerprint density at radius 1 is 1.20 bits per heavy atom. The van der Waals surface area contributed by atoms with Crippen molar-refractivity contribution in [2.75, 3.05) is 26.2 Å². The third-order valence-corrected chi connectivity index (χ3v) is 6.01. The molecular weight excluding hydrogens is 312 g/mol. The zero-order chi connectivity index (χ0) is 17.6. The first kappa shape index (κ1) is 18.9. The van der Waals surface area contributed by atoms with Gasteiger partial charge in [0.1, 0.15) is 0 Å². The number of aromatic nitrogens is 2. The molecule has 1 saturated carbocycles. The molecule has 1 aliphatic heterocycles. The summed E-state index contributed by atoms with van der Waals surface area (Å²) in [5.41, 5.74) is 2.53. The predicted molar refractivity (Wildman–Crippen MR) is 102 cm³/mol. The smallest absolute Gasteiger partial charge is 0.0638 e. The predicted octanol–water partition coefficient (Wildman–Crippen LogP) is 2.80. The highest BCUT2D eigenvalue weighted by molar-refractivity contribution is 5.15. The number of piperazine rings is 1. The van der Waals surface area contributed by atoms with Crippen LogP contribution in [0, 0.1) is 6.92 Å². The highest BCUT2D eigenvalue weighted by Gasteiger charge is 2.32. The lowest BCUT2D eigenvalue weighted by atomic mass is 9.91. The number of hydrogen-bond acceptors (Lipinski definition) is 4. The summed E-state index contributed by atoms with van der Waals surface area (Å²) in [6.07, 6.45) is 11.1. The Morgan fingerprint density at radius 2 is 2.00 bits per heavy atom. The molecule has 2 fully saturated rings. The van der Waals surface area contributed by atoms with Crippen LogP contribution in [0.5, 0.6) is 0 Å². The van der Waals surface area contributed by atoms with Gasteiger partial charge in [0.15, 0.2) is 0 Å². The first-order chi connectivity index (χ1) is 12.2. The van der Waals surface area contributed by atoms with E-state index in [0.29, 0.717) is 12.6 Å². The fraction of sp³-hybridized carbons (Fsp3) is 0.850. The molecule has 2 aliphatic rings. The Bertz CT molecular complexity index is 524. The minimum Gasteiger partial charge on any atom is -0.396 e. The normalized spacial score (nSPS) is 24.0. The summed E-state index contributed by atoms with van der Waals surface area (Å²) in [4.78, 5) is 5.29. The van der Waals surface area contributed by atoms with Gasteiger partial charge < -0.3 is 5.11 Å². The Balaban J connectivity index is 1.61. The molecule has 0 amide bonds. The van der Waals surface area contributed by atoms with E-state index in [0.717, 1.165) is 51.6 Å². The second-order valence-corrected chi connectivity index (χ2v) is 7.93. The quantitative estimate of drug-likeness (QED) is 0.823. The number of rotatable bonds is 7. The third kappa shape index (κ3) is 4.83. The summed E-state index contributed by atoms with van der Waals surface area (Å²) < 4.78 is 2.09. The summed E-state index contributed by atoms with van der Waals surface area (Å²) in [5, 5.41) is 14.2. The molecule has 5 heteroatoms. The average molecular weight is 349 g/mol. The first-order valence-corrected chi connectivity index (χ1v) is 10.3. The second kappa shape index (κ2) is 9.15. The van der Waals surface area contributed by atoms with Gasteiger partial charge in [-0.25, -0.2) is 0 Å². The molecular formula is C20H36N4O. The molecule has 0 aromatic carbocycles. The minimum atomic E-state index is 0.301. The van der Waals surface area contributed by atoms with Gasteiger partial charge in [0.25, 0.3) is 0 Å². The fourth-order valence-corrected chi connectivity index (χ4v) is 4.68. The van der Waals surface area contributed by atoms with Crippen LogP contribution in [-0.2, 0) is 13.1 Å². The number of hydrogen-bond donors (Lipinski definition) is 1. The van der Waals surface area contributed by atoms with Gasteiger partial charge in [-0.05, 0) is 32.6 Å². The molecule has 3 rings (SSSR count). The van der Waals surface area contributed by atoms with Crippen LogP contribution in [0.3, 0.4) is 0 Å². The monoisotopic (exact) mass is 348 g/mol. The van der Waals surface area contributed by atoms with Crippen molar-refractivity contribution in [1.82, 2.24) is 19.6 Å². The van der Waals surface area contributed by atoms with E-state index in [1.165, 1.54) is 43.4 Å². The van der Waals surface area contributed by atoms with E-state index in [9.17, 15) is 5.11 Å². The maximum atomic E-state index is 9.56. The minimum absolute atomic E-state index is 0.301. The van der Waals surface area contributed by atoms with Crippen molar-refractivity contribution in [2.24, 2.45) is 0 Å². The topological polar surface area (TPSA) is 44.5 Å². The van der Waals surface area contributed by atoms with Crippen LogP contribution in [-0.4, -0.2) is 63.0 Å². The van der Waals surface area contributed by atoms with E-state index in [-0.39, 0.29) is 0 Å². The van der Waals surface area contributed by atoms with Gasteiger partial charge in [0, 0.05) is 63.2 Å². The molecule has 1 N–H and O–H groups in total. The van der Waals surface area contributed by atoms with Gasteiger partial charge in [-0.2, -0.15) is 5.10 Å². The summed E-state index contributed by atoms with van der Waals surface area (Å²) in [6, 6.07) is 1.26. The molecule has 25 heavy (non-hydrogen) atoms. The summed E-state index contributed by atoms with van der Waals surface area (Å²) in [6.45, 7) is 9.99. The van der Waals surface area contributed by atoms with Crippen LogP contribution < -0.4 is 0 Å². The number of nitrogens with zero attached hydrogens (tertiary/aromatic N) is 4. The number of aliphatic hydroxyl groups excluding tert-OH is 1. The summed E-state index contributed by atoms with van der Waals surface area (Å²) in [7, 11) is 0. The summed E-state index contributed by atoms with van der Waals surface area (Å²) in [5.74, 6) is 0. The van der Waals surface area contributed by atoms with Crippen LogP contribution >= 0.6 is 0 Å². The first-order valence-electron chi connectivity index (χ1n) is 10.3. The fourth-order valence-electron chi connectivity index (χ4n) is 4.68. The van der Waals surface area contributed by atoms with Crippen LogP contribution in [0.1, 0.15) is 63.1 Å². The maximum Gasteiger partial charge on any atom is 0.0638 e. The molecule has 1 aromatic heterocycles. The Hall–Kier alpha value is -0.910. The van der Waals surface area contributed by atoms with Crippen molar-refractivity contribution < 1.29 is 5.11 Å². The van der Waals surface area contributed by atoms with E-state index in [2.05, 4.69) is 39.6 Å². The second-order valence-electron chi connectivity index (χ2n) is 7.93. The SMILES string of the molecule is CCCn1cc(CN2CCN(C3CCCCC3)[C@H](CCO)C2)c(C)n1. The molecule has 142 valence electrons. The molecule has 1 saturated heterocycles. The third-order valence-electron chi connectivity index (χ3n) is 6.01. The summed E-state index contributed by atoms with van der Waals surface area (Å²) >= 11 is 0. The van der Waals surface area contributed by atoms with Gasteiger partial charge >= 0.3 is 0 Å². The molecule has 1 aromatic rings. The molecule has 1 atom stereocenters. The van der Waals surface area contributed by atoms with Gasteiger partial charge in [-0.3, -0.25) is 14.5 Å². The molecule has 2 heterocycles. The van der Waals surface area contributed by atoms with Crippen molar-refractivity contribution in [3.8, 4) is 0 Å². The van der Waals surface area contributed by atoms with Crippen molar-refractivity contribution >= 4 is 0 Å². The molecule has 0 spiro atoms. The molecule has 0 radical (unpaired) electrons. The molecule has 1 aliphatic carbocycles. The molecule has 0 bridgehead atoms. The van der Waals surface area contributed by atoms with E-state index >= 15 is 0 Å². The highest BCUT2D eigenvalue weighted by Crippen LogP contribution is 2.27. The zero-order valence-electron chi connectivity index (χ0n) is 16.2. The van der Waals surface area contributed by atoms with Crippen LogP contribution in [0.25, 0.3) is 0 Å². The largest absolute Gasteiger partial charge is 0.396 e. The lowest BCUT2D eigenvalue weighted by molar-refractivity contribution is 0.0136. The zero-order valence-corrected chi connectivity index (χ0v) is 16.2.